The van der Waals surface area contributed by atoms with E-state index < -0.39 is 0 Å². The second kappa shape index (κ2) is 7.79. The summed E-state index contributed by atoms with van der Waals surface area (Å²) in [6.07, 6.45) is 1.73. The highest BCUT2D eigenvalue weighted by atomic mass is 35.5. The Labute approximate surface area is 143 Å². The molecule has 1 saturated heterocycles. The maximum absolute atomic E-state index is 12.4. The van der Waals surface area contributed by atoms with Gasteiger partial charge in [-0.1, -0.05) is 18.2 Å². The minimum atomic E-state index is 0. The molecule has 1 fully saturated rings. The number of para-hydroxylation sites is 1. The van der Waals surface area contributed by atoms with Crippen LogP contribution in [0.1, 0.15) is 25.3 Å². The Morgan fingerprint density at radius 2 is 2.09 bits per heavy atom. The van der Waals surface area contributed by atoms with Gasteiger partial charge in [-0.2, -0.15) is 0 Å². The highest BCUT2D eigenvalue weighted by Crippen LogP contribution is 2.27. The predicted molar refractivity (Wildman–Crippen MR) is 93.0 cm³/mol. The molecule has 2 aliphatic heterocycles. The molecule has 5 nitrogen and oxygen atoms in total. The van der Waals surface area contributed by atoms with Gasteiger partial charge < -0.3 is 15.1 Å². The summed E-state index contributed by atoms with van der Waals surface area (Å²) in [6, 6.07) is 8.22. The molecule has 0 aliphatic carbocycles. The van der Waals surface area contributed by atoms with Crippen LogP contribution in [0.15, 0.2) is 24.3 Å². The Bertz CT molecular complexity index is 579. The van der Waals surface area contributed by atoms with Crippen LogP contribution >= 0.6 is 12.4 Å². The van der Waals surface area contributed by atoms with Crippen LogP contribution < -0.4 is 10.2 Å². The molecule has 0 unspecified atom stereocenters. The van der Waals surface area contributed by atoms with Crippen molar-refractivity contribution in [2.24, 2.45) is 0 Å². The number of rotatable bonds is 3. The zero-order chi connectivity index (χ0) is 15.5. The summed E-state index contributed by atoms with van der Waals surface area (Å²) in [4.78, 5) is 28.3. The van der Waals surface area contributed by atoms with Crippen LogP contribution in [0, 0.1) is 0 Å². The number of hydrogen-bond donors (Lipinski definition) is 1. The molecule has 126 valence electrons. The summed E-state index contributed by atoms with van der Waals surface area (Å²) in [6.45, 7) is 4.99. The van der Waals surface area contributed by atoms with Crippen molar-refractivity contribution >= 4 is 29.9 Å². The molecule has 0 aromatic heterocycles. The van der Waals surface area contributed by atoms with E-state index in [1.807, 2.05) is 23.1 Å². The first-order valence-corrected chi connectivity index (χ1v) is 8.05. The van der Waals surface area contributed by atoms with Crippen LogP contribution in [0.3, 0.4) is 0 Å². The highest BCUT2D eigenvalue weighted by Gasteiger charge is 2.27. The predicted octanol–water partition coefficient (Wildman–Crippen LogP) is 1.60. The van der Waals surface area contributed by atoms with E-state index in [4.69, 9.17) is 0 Å². The number of benzene rings is 1. The summed E-state index contributed by atoms with van der Waals surface area (Å²) >= 11 is 0. The van der Waals surface area contributed by atoms with Crippen LogP contribution in [-0.4, -0.2) is 48.9 Å². The zero-order valence-electron chi connectivity index (χ0n) is 13.5. The van der Waals surface area contributed by atoms with Crippen molar-refractivity contribution in [2.45, 2.75) is 32.2 Å². The molecule has 1 aromatic rings. The first kappa shape index (κ1) is 17.8. The zero-order valence-corrected chi connectivity index (χ0v) is 14.3. The molecule has 3 rings (SSSR count). The van der Waals surface area contributed by atoms with Crippen LogP contribution in [0.4, 0.5) is 5.69 Å². The highest BCUT2D eigenvalue weighted by molar-refractivity contribution is 5.97. The fourth-order valence-corrected chi connectivity index (χ4v) is 3.30. The average molecular weight is 338 g/mol. The minimum absolute atomic E-state index is 0. The van der Waals surface area contributed by atoms with E-state index in [9.17, 15) is 9.59 Å². The standard InChI is InChI=1S/C17H23N3O2.ClH/c1-13-12-18-9-11-19(13)17(22)8-10-20-15-5-3-2-4-14(15)6-7-16(20)21;/h2-5,13,18H,6-12H2,1H3;1H/t13-;/m0./s1. The third-order valence-corrected chi connectivity index (χ3v) is 4.56. The van der Waals surface area contributed by atoms with Gasteiger partial charge in [-0.3, -0.25) is 9.59 Å². The van der Waals surface area contributed by atoms with Gasteiger partial charge in [-0.05, 0) is 25.0 Å². The molecular formula is C17H24ClN3O2. The number of nitrogens with one attached hydrogen (secondary N) is 1. The van der Waals surface area contributed by atoms with E-state index >= 15 is 0 Å². The van der Waals surface area contributed by atoms with Crippen molar-refractivity contribution < 1.29 is 9.59 Å². The number of aryl methyl sites for hydroxylation is 1. The molecule has 6 heteroatoms. The van der Waals surface area contributed by atoms with Crippen molar-refractivity contribution in [1.29, 1.82) is 0 Å². The first-order valence-electron chi connectivity index (χ1n) is 8.05. The number of anilines is 1. The molecule has 23 heavy (non-hydrogen) atoms. The third kappa shape index (κ3) is 3.85. The van der Waals surface area contributed by atoms with Crippen molar-refractivity contribution in [3.63, 3.8) is 0 Å². The molecule has 1 aromatic carbocycles. The van der Waals surface area contributed by atoms with E-state index in [0.717, 1.165) is 31.7 Å². The maximum atomic E-state index is 12.4. The van der Waals surface area contributed by atoms with Crippen LogP contribution in [-0.2, 0) is 16.0 Å². The monoisotopic (exact) mass is 337 g/mol. The van der Waals surface area contributed by atoms with Crippen LogP contribution in [0.5, 0.6) is 0 Å². The van der Waals surface area contributed by atoms with E-state index in [1.165, 1.54) is 5.56 Å². The summed E-state index contributed by atoms with van der Waals surface area (Å²) < 4.78 is 0. The molecule has 0 spiro atoms. The largest absolute Gasteiger partial charge is 0.337 e. The van der Waals surface area contributed by atoms with Gasteiger partial charge in [-0.15, -0.1) is 12.4 Å². The number of amides is 2. The average Bonchev–Trinajstić information content (AvgIpc) is 2.54. The fourth-order valence-electron chi connectivity index (χ4n) is 3.30. The smallest absolute Gasteiger partial charge is 0.227 e. The second-order valence-corrected chi connectivity index (χ2v) is 6.06. The Morgan fingerprint density at radius 1 is 1.30 bits per heavy atom. The third-order valence-electron chi connectivity index (χ3n) is 4.56. The van der Waals surface area contributed by atoms with E-state index in [0.29, 0.717) is 19.4 Å². The number of nitrogens with zero attached hydrogens (tertiary/aromatic N) is 2. The molecule has 2 aliphatic rings. The van der Waals surface area contributed by atoms with Crippen molar-refractivity contribution in [3.05, 3.63) is 29.8 Å². The van der Waals surface area contributed by atoms with Crippen molar-refractivity contribution in [2.75, 3.05) is 31.1 Å². The fraction of sp³-hybridized carbons (Fsp3) is 0.529. The van der Waals surface area contributed by atoms with Gasteiger partial charge in [0.1, 0.15) is 0 Å². The molecule has 1 atom stereocenters. The molecular weight excluding hydrogens is 314 g/mol. The van der Waals surface area contributed by atoms with Gasteiger partial charge in [0.25, 0.3) is 0 Å². The number of carbonyl (C=O) groups excluding carboxylic acids is 2. The van der Waals surface area contributed by atoms with E-state index in [1.54, 1.807) is 4.90 Å². The van der Waals surface area contributed by atoms with Crippen molar-refractivity contribution in [3.8, 4) is 0 Å². The molecule has 1 N–H and O–H groups in total. The first-order chi connectivity index (χ1) is 10.7. The molecule has 0 radical (unpaired) electrons. The van der Waals surface area contributed by atoms with E-state index in [-0.39, 0.29) is 30.3 Å². The van der Waals surface area contributed by atoms with Gasteiger partial charge in [0.2, 0.25) is 11.8 Å². The lowest BCUT2D eigenvalue weighted by Crippen LogP contribution is -2.52. The lowest BCUT2D eigenvalue weighted by atomic mass is 10.0. The SMILES string of the molecule is C[C@H]1CNCCN1C(=O)CCN1C(=O)CCc2ccccc21.Cl. The minimum Gasteiger partial charge on any atom is -0.337 e. The van der Waals surface area contributed by atoms with Gasteiger partial charge >= 0.3 is 0 Å². The summed E-state index contributed by atoms with van der Waals surface area (Å²) in [5.41, 5.74) is 2.17. The Morgan fingerprint density at radius 3 is 2.87 bits per heavy atom. The topological polar surface area (TPSA) is 52.7 Å². The number of hydrogen-bond acceptors (Lipinski definition) is 3. The summed E-state index contributed by atoms with van der Waals surface area (Å²) in [5, 5.41) is 3.29. The Kier molecular flexibility index (Phi) is 6.02. The second-order valence-electron chi connectivity index (χ2n) is 6.06. The lowest BCUT2D eigenvalue weighted by Gasteiger charge is -2.35. The van der Waals surface area contributed by atoms with Gasteiger partial charge in [-0.25, -0.2) is 0 Å². The quantitative estimate of drug-likeness (QED) is 0.911. The van der Waals surface area contributed by atoms with Gasteiger partial charge in [0.05, 0.1) is 0 Å². The Balaban J connectivity index is 0.00000192. The lowest BCUT2D eigenvalue weighted by molar-refractivity contribution is -0.133. The van der Waals surface area contributed by atoms with Gasteiger partial charge in [0, 0.05) is 50.7 Å². The number of halogens is 1. The number of piperazine rings is 1. The van der Waals surface area contributed by atoms with E-state index in [2.05, 4.69) is 18.3 Å². The number of fused-ring (bicyclic) bond motifs is 1. The molecule has 2 amide bonds. The molecule has 0 saturated carbocycles. The summed E-state index contributed by atoms with van der Waals surface area (Å²) in [5.74, 6) is 0.268. The molecule has 0 bridgehead atoms. The van der Waals surface area contributed by atoms with Crippen molar-refractivity contribution in [1.82, 2.24) is 10.2 Å². The maximum Gasteiger partial charge on any atom is 0.227 e. The van der Waals surface area contributed by atoms with Crippen LogP contribution in [0.25, 0.3) is 0 Å². The summed E-state index contributed by atoms with van der Waals surface area (Å²) in [7, 11) is 0. The van der Waals surface area contributed by atoms with Crippen LogP contribution in [0.2, 0.25) is 0 Å². The van der Waals surface area contributed by atoms with Gasteiger partial charge in [0.15, 0.2) is 0 Å². The molecule has 2 heterocycles. The number of carbonyl (C=O) groups is 2. The Hall–Kier alpha value is -1.59. The normalized spacial score (nSPS) is 20.7.